The van der Waals surface area contributed by atoms with E-state index in [-0.39, 0.29) is 17.0 Å². The first-order valence-corrected chi connectivity index (χ1v) is 6.58. The number of aromatic nitrogens is 1. The molecule has 1 nitrogen and oxygen atoms in total. The number of hydrogen-bond acceptors (Lipinski definition) is 0. The zero-order chi connectivity index (χ0) is 12.4. The molecule has 1 heterocycles. The Kier molecular flexibility index (Phi) is 5.54. The van der Waals surface area contributed by atoms with Crippen molar-refractivity contribution in [1.29, 1.82) is 0 Å². The van der Waals surface area contributed by atoms with Gasteiger partial charge in [0.1, 0.15) is 0 Å². The van der Waals surface area contributed by atoms with Gasteiger partial charge in [-0.25, -0.2) is 0 Å². The lowest BCUT2D eigenvalue weighted by Gasteiger charge is -2.06. The lowest BCUT2D eigenvalue weighted by molar-refractivity contribution is -0.700. The molecule has 2 aromatic rings. The molecule has 0 aliphatic heterocycles. The van der Waals surface area contributed by atoms with Gasteiger partial charge < -0.3 is 17.0 Å². The van der Waals surface area contributed by atoms with Crippen LogP contribution < -0.4 is 21.5 Å². The first-order chi connectivity index (χ1) is 8.06. The van der Waals surface area contributed by atoms with E-state index in [9.17, 15) is 0 Å². The highest BCUT2D eigenvalue weighted by Crippen LogP contribution is 2.12. The molecule has 0 unspecified atom stereocenters. The van der Waals surface area contributed by atoms with Gasteiger partial charge in [0.15, 0.2) is 17.9 Å². The van der Waals surface area contributed by atoms with Crippen molar-refractivity contribution >= 4 is 15.9 Å². The number of rotatable bonds is 2. The summed E-state index contributed by atoms with van der Waals surface area (Å²) in [6.45, 7) is 7.40. The molecule has 3 heteroatoms. The zero-order valence-corrected chi connectivity index (χ0v) is 14.0. The maximum absolute atomic E-state index is 3.51. The molecule has 0 saturated heterocycles. The number of hydrogen-bond donors (Lipinski definition) is 0. The minimum Gasteiger partial charge on any atom is -1.00 e. The molecule has 1 aromatic carbocycles. The van der Waals surface area contributed by atoms with Gasteiger partial charge in [-0.1, -0.05) is 28.1 Å². The van der Waals surface area contributed by atoms with Crippen LogP contribution in [0.15, 0.2) is 40.9 Å². The van der Waals surface area contributed by atoms with E-state index in [0.29, 0.717) is 0 Å². The second kappa shape index (κ2) is 6.48. The summed E-state index contributed by atoms with van der Waals surface area (Å²) in [6, 6.07) is 12.9. The van der Waals surface area contributed by atoms with E-state index < -0.39 is 0 Å². The molecule has 0 saturated carbocycles. The predicted molar refractivity (Wildman–Crippen MR) is 74.1 cm³/mol. The van der Waals surface area contributed by atoms with E-state index in [0.717, 1.165) is 11.0 Å². The van der Waals surface area contributed by atoms with Gasteiger partial charge in [-0.3, -0.25) is 0 Å². The first-order valence-electron chi connectivity index (χ1n) is 5.78. The summed E-state index contributed by atoms with van der Waals surface area (Å²) in [6.07, 6.45) is 0. The second-order valence-electron chi connectivity index (χ2n) is 4.53. The van der Waals surface area contributed by atoms with Crippen molar-refractivity contribution in [2.75, 3.05) is 0 Å². The summed E-state index contributed by atoms with van der Waals surface area (Å²) in [5.41, 5.74) is 5.26. The molecule has 0 atom stereocenters. The maximum Gasteiger partial charge on any atom is 0.179 e. The van der Waals surface area contributed by atoms with Crippen molar-refractivity contribution < 1.29 is 21.5 Å². The van der Waals surface area contributed by atoms with Gasteiger partial charge in [0.05, 0.1) is 0 Å². The van der Waals surface area contributed by atoms with Crippen LogP contribution in [0, 0.1) is 20.8 Å². The fraction of sp³-hybridized carbons (Fsp3) is 0.267. The van der Waals surface area contributed by atoms with E-state index in [1.54, 1.807) is 0 Å². The van der Waals surface area contributed by atoms with Gasteiger partial charge in [0.25, 0.3) is 0 Å². The van der Waals surface area contributed by atoms with Crippen LogP contribution in [0.4, 0.5) is 0 Å². The average Bonchev–Trinajstić information content (AvgIpc) is 2.23. The molecule has 0 aliphatic rings. The molecule has 0 N–H and O–H groups in total. The predicted octanol–water partition coefficient (Wildman–Crippen LogP) is 0.714. The zero-order valence-electron chi connectivity index (χ0n) is 10.9. The SMILES string of the molecule is Cc1cc(C)[n+](Cc2cccc(Br)c2)c(C)c1.[Br-]. The van der Waals surface area contributed by atoms with Crippen LogP contribution in [0.25, 0.3) is 0 Å². The van der Waals surface area contributed by atoms with Crippen LogP contribution in [0.5, 0.6) is 0 Å². The molecular weight excluding hydrogens is 354 g/mol. The minimum absolute atomic E-state index is 0. The molecule has 1 aromatic heterocycles. The maximum atomic E-state index is 3.51. The van der Waals surface area contributed by atoms with Crippen molar-refractivity contribution in [3.63, 3.8) is 0 Å². The Balaban J connectivity index is 0.00000162. The standard InChI is InChI=1S/C15H17BrN.BrH/c1-11-7-12(2)17(13(3)8-11)10-14-5-4-6-15(16)9-14;/h4-9H,10H2,1-3H3;1H/q+1;/p-1. The van der Waals surface area contributed by atoms with Crippen LogP contribution in [0.3, 0.4) is 0 Å². The quantitative estimate of drug-likeness (QED) is 0.685. The summed E-state index contributed by atoms with van der Waals surface area (Å²) in [5.74, 6) is 0. The first kappa shape index (κ1) is 15.4. The summed E-state index contributed by atoms with van der Waals surface area (Å²) in [4.78, 5) is 0. The topological polar surface area (TPSA) is 3.88 Å². The van der Waals surface area contributed by atoms with Crippen molar-refractivity contribution in [1.82, 2.24) is 0 Å². The minimum atomic E-state index is 0. The lowest BCUT2D eigenvalue weighted by Crippen LogP contribution is -3.00. The number of nitrogens with zero attached hydrogens (tertiary/aromatic N) is 1. The fourth-order valence-corrected chi connectivity index (χ4v) is 2.65. The number of benzene rings is 1. The smallest absolute Gasteiger partial charge is 0.179 e. The largest absolute Gasteiger partial charge is 1.00 e. The Morgan fingerprint density at radius 3 is 2.17 bits per heavy atom. The van der Waals surface area contributed by atoms with E-state index in [1.807, 2.05) is 0 Å². The number of pyridine rings is 1. The van der Waals surface area contributed by atoms with Gasteiger partial charge in [-0.2, -0.15) is 4.57 Å². The third-order valence-electron chi connectivity index (χ3n) is 2.95. The van der Waals surface area contributed by atoms with Crippen molar-refractivity contribution in [3.8, 4) is 0 Å². The van der Waals surface area contributed by atoms with Gasteiger partial charge in [0.2, 0.25) is 0 Å². The molecule has 0 bridgehead atoms. The van der Waals surface area contributed by atoms with Crippen LogP contribution in [-0.4, -0.2) is 0 Å². The monoisotopic (exact) mass is 369 g/mol. The molecule has 96 valence electrons. The molecule has 0 radical (unpaired) electrons. The van der Waals surface area contributed by atoms with E-state index >= 15 is 0 Å². The molecule has 0 aliphatic carbocycles. The Bertz CT molecular complexity index is 527. The van der Waals surface area contributed by atoms with Crippen LogP contribution >= 0.6 is 15.9 Å². The Labute approximate surface area is 128 Å². The summed E-state index contributed by atoms with van der Waals surface area (Å²) in [5, 5.41) is 0. The highest BCUT2D eigenvalue weighted by Gasteiger charge is 2.12. The average molecular weight is 371 g/mol. The summed E-state index contributed by atoms with van der Waals surface area (Å²) >= 11 is 3.51. The van der Waals surface area contributed by atoms with Crippen LogP contribution in [0.2, 0.25) is 0 Å². The van der Waals surface area contributed by atoms with E-state index in [4.69, 9.17) is 0 Å². The van der Waals surface area contributed by atoms with Gasteiger partial charge in [-0.15, -0.1) is 0 Å². The van der Waals surface area contributed by atoms with Crippen LogP contribution in [-0.2, 0) is 6.54 Å². The third-order valence-corrected chi connectivity index (χ3v) is 3.45. The Hall–Kier alpha value is -0.670. The Morgan fingerprint density at radius 2 is 1.61 bits per heavy atom. The van der Waals surface area contributed by atoms with Crippen molar-refractivity contribution in [2.45, 2.75) is 27.3 Å². The molecule has 18 heavy (non-hydrogen) atoms. The number of halogens is 2. The fourth-order valence-electron chi connectivity index (χ4n) is 2.20. The molecule has 0 fully saturated rings. The second-order valence-corrected chi connectivity index (χ2v) is 5.45. The summed E-state index contributed by atoms with van der Waals surface area (Å²) in [7, 11) is 0. The van der Waals surface area contributed by atoms with Gasteiger partial charge in [0, 0.05) is 36.0 Å². The molecule has 2 rings (SSSR count). The lowest BCUT2D eigenvalue weighted by atomic mass is 10.1. The van der Waals surface area contributed by atoms with Gasteiger partial charge in [-0.05, 0) is 24.6 Å². The normalized spacial score (nSPS) is 10.0. The van der Waals surface area contributed by atoms with Crippen molar-refractivity contribution in [2.24, 2.45) is 0 Å². The molecule has 0 spiro atoms. The highest BCUT2D eigenvalue weighted by atomic mass is 79.9. The van der Waals surface area contributed by atoms with E-state index in [2.05, 4.69) is 77.7 Å². The third kappa shape index (κ3) is 3.66. The van der Waals surface area contributed by atoms with Crippen LogP contribution in [0.1, 0.15) is 22.5 Å². The molecule has 0 amide bonds. The molecular formula is C15H17Br2N. The van der Waals surface area contributed by atoms with Gasteiger partial charge >= 0.3 is 0 Å². The Morgan fingerprint density at radius 1 is 1.00 bits per heavy atom. The van der Waals surface area contributed by atoms with Crippen molar-refractivity contribution in [3.05, 3.63) is 63.4 Å². The van der Waals surface area contributed by atoms with E-state index in [1.165, 1.54) is 22.5 Å². The number of aryl methyl sites for hydroxylation is 3. The highest BCUT2D eigenvalue weighted by molar-refractivity contribution is 9.10. The summed E-state index contributed by atoms with van der Waals surface area (Å²) < 4.78 is 3.48.